The van der Waals surface area contributed by atoms with Gasteiger partial charge in [0.2, 0.25) is 0 Å². The predicted octanol–water partition coefficient (Wildman–Crippen LogP) is 3.52. The highest BCUT2D eigenvalue weighted by Crippen LogP contribution is 2.30. The van der Waals surface area contributed by atoms with Crippen molar-refractivity contribution in [2.75, 3.05) is 38.2 Å². The van der Waals surface area contributed by atoms with Crippen molar-refractivity contribution in [3.05, 3.63) is 28.2 Å². The van der Waals surface area contributed by atoms with Gasteiger partial charge in [-0.1, -0.05) is 0 Å². The van der Waals surface area contributed by atoms with E-state index in [-0.39, 0.29) is 30.3 Å². The summed E-state index contributed by atoms with van der Waals surface area (Å²) in [6.45, 7) is 3.92. The molecule has 8 heteroatoms. The Bertz CT molecular complexity index is 690. The van der Waals surface area contributed by atoms with Gasteiger partial charge in [0, 0.05) is 48.7 Å². The molecule has 1 saturated heterocycles. The van der Waals surface area contributed by atoms with Gasteiger partial charge < -0.3 is 20.3 Å². The molecule has 29 heavy (non-hydrogen) atoms. The van der Waals surface area contributed by atoms with Crippen LogP contribution in [-0.4, -0.2) is 51.2 Å². The summed E-state index contributed by atoms with van der Waals surface area (Å²) in [5, 5.41) is 6.54. The minimum atomic E-state index is -0.134. The van der Waals surface area contributed by atoms with Gasteiger partial charge in [-0.05, 0) is 72.2 Å². The van der Waals surface area contributed by atoms with Crippen molar-refractivity contribution >= 4 is 45.9 Å². The van der Waals surface area contributed by atoms with E-state index in [4.69, 9.17) is 4.74 Å². The van der Waals surface area contributed by atoms with E-state index in [0.717, 1.165) is 68.4 Å². The number of anilines is 1. The van der Waals surface area contributed by atoms with E-state index in [9.17, 15) is 9.59 Å². The number of esters is 1. The number of carbonyl (C=O) groups is 2. The van der Waals surface area contributed by atoms with E-state index >= 15 is 0 Å². The topological polar surface area (TPSA) is 70.7 Å². The van der Waals surface area contributed by atoms with Crippen molar-refractivity contribution in [3.63, 3.8) is 0 Å². The van der Waals surface area contributed by atoms with Crippen LogP contribution in [0.3, 0.4) is 0 Å². The lowest BCUT2D eigenvalue weighted by atomic mass is 9.83. The normalized spacial score (nSPS) is 21.8. The summed E-state index contributed by atoms with van der Waals surface area (Å²) in [7, 11) is 1.43. The Morgan fingerprint density at radius 2 is 1.90 bits per heavy atom. The van der Waals surface area contributed by atoms with Crippen LogP contribution in [0.5, 0.6) is 0 Å². The van der Waals surface area contributed by atoms with E-state index in [1.54, 1.807) is 0 Å². The number of amides is 1. The van der Waals surface area contributed by atoms with Crippen molar-refractivity contribution in [1.82, 2.24) is 10.6 Å². The van der Waals surface area contributed by atoms with Crippen LogP contribution in [-0.2, 0) is 9.53 Å². The molecule has 0 bridgehead atoms. The quantitative estimate of drug-likeness (QED) is 0.600. The molecule has 3 rings (SSSR count). The number of methoxy groups -OCH3 is 1. The first-order valence-corrected chi connectivity index (χ1v) is 11.0. The lowest BCUT2D eigenvalue weighted by Crippen LogP contribution is -2.43. The lowest BCUT2D eigenvalue weighted by Gasteiger charge is -2.30. The first-order valence-electron chi connectivity index (χ1n) is 10.2. The summed E-state index contributed by atoms with van der Waals surface area (Å²) in [5.41, 5.74) is 1.84. The number of hydrogen-bond donors (Lipinski definition) is 2. The van der Waals surface area contributed by atoms with Crippen LogP contribution in [0.2, 0.25) is 0 Å². The third-order valence-electron chi connectivity index (χ3n) is 5.83. The molecule has 1 aromatic rings. The Morgan fingerprint density at radius 3 is 2.52 bits per heavy atom. The lowest BCUT2D eigenvalue weighted by molar-refractivity contribution is -0.141. The van der Waals surface area contributed by atoms with Gasteiger partial charge in [-0.3, -0.25) is 9.59 Å². The summed E-state index contributed by atoms with van der Waals surface area (Å²) in [6.07, 6.45) is 5.41. The number of hydrogen-bond acceptors (Lipinski definition) is 5. The van der Waals surface area contributed by atoms with Gasteiger partial charge in [-0.15, -0.1) is 12.4 Å². The number of nitrogens with zero attached hydrogens (tertiary/aromatic N) is 1. The standard InChI is InChI=1S/C21H30BrN3O3.ClH/c1-28-20(26)9-4-15-2-6-17(7-3-15)24-21(27)16-5-8-19(18(22)14-16)25-12-10-23-11-13-25;/h5,8,14-15,17,23H,2-4,6-7,9-13H2,1H3,(H,24,27);1H/t15-,17-;. The second kappa shape index (κ2) is 11.8. The Morgan fingerprint density at radius 1 is 1.21 bits per heavy atom. The first kappa shape index (κ1) is 24.0. The molecule has 6 nitrogen and oxygen atoms in total. The molecular weight excluding hydrogens is 458 g/mol. The molecule has 1 amide bonds. The highest BCUT2D eigenvalue weighted by molar-refractivity contribution is 9.10. The number of nitrogens with one attached hydrogen (secondary N) is 2. The predicted molar refractivity (Wildman–Crippen MR) is 121 cm³/mol. The fraction of sp³-hybridized carbons (Fsp3) is 0.619. The molecule has 2 aliphatic rings. The molecule has 1 aliphatic heterocycles. The van der Waals surface area contributed by atoms with Crippen molar-refractivity contribution in [2.24, 2.45) is 5.92 Å². The highest BCUT2D eigenvalue weighted by atomic mass is 79.9. The second-order valence-electron chi connectivity index (χ2n) is 7.71. The molecule has 0 spiro atoms. The van der Waals surface area contributed by atoms with Crippen LogP contribution >= 0.6 is 28.3 Å². The Kier molecular flexibility index (Phi) is 9.72. The van der Waals surface area contributed by atoms with Crippen LogP contribution in [0.15, 0.2) is 22.7 Å². The molecule has 0 aromatic heterocycles. The number of piperazine rings is 1. The largest absolute Gasteiger partial charge is 0.469 e. The molecule has 1 heterocycles. The van der Waals surface area contributed by atoms with Crippen LogP contribution < -0.4 is 15.5 Å². The average molecular weight is 489 g/mol. The van der Waals surface area contributed by atoms with Gasteiger partial charge in [0.05, 0.1) is 12.8 Å². The monoisotopic (exact) mass is 487 g/mol. The van der Waals surface area contributed by atoms with Crippen LogP contribution in [0, 0.1) is 5.92 Å². The maximum absolute atomic E-state index is 12.7. The van der Waals surface area contributed by atoms with Crippen molar-refractivity contribution in [3.8, 4) is 0 Å². The van der Waals surface area contributed by atoms with Crippen LogP contribution in [0.1, 0.15) is 48.9 Å². The zero-order chi connectivity index (χ0) is 19.9. The van der Waals surface area contributed by atoms with Crippen molar-refractivity contribution < 1.29 is 14.3 Å². The maximum Gasteiger partial charge on any atom is 0.305 e. The minimum absolute atomic E-state index is 0. The Balaban J connectivity index is 0.00000300. The molecule has 1 aromatic carbocycles. The van der Waals surface area contributed by atoms with Crippen LogP contribution in [0.25, 0.3) is 0 Å². The number of ether oxygens (including phenoxy) is 1. The third-order valence-corrected chi connectivity index (χ3v) is 6.47. The van der Waals surface area contributed by atoms with Gasteiger partial charge >= 0.3 is 5.97 Å². The van der Waals surface area contributed by atoms with Gasteiger partial charge in [0.1, 0.15) is 0 Å². The Hall–Kier alpha value is -1.31. The Labute approximate surface area is 187 Å². The number of carbonyl (C=O) groups excluding carboxylic acids is 2. The van der Waals surface area contributed by atoms with Gasteiger partial charge in [0.25, 0.3) is 5.91 Å². The zero-order valence-electron chi connectivity index (χ0n) is 16.9. The summed E-state index contributed by atoms with van der Waals surface area (Å²) in [5.74, 6) is 0.413. The smallest absolute Gasteiger partial charge is 0.305 e. The summed E-state index contributed by atoms with van der Waals surface area (Å²) < 4.78 is 5.68. The number of benzene rings is 1. The molecule has 162 valence electrons. The van der Waals surface area contributed by atoms with Crippen molar-refractivity contribution in [2.45, 2.75) is 44.6 Å². The van der Waals surface area contributed by atoms with E-state index in [1.165, 1.54) is 7.11 Å². The number of rotatable bonds is 6. The van der Waals surface area contributed by atoms with E-state index in [0.29, 0.717) is 17.9 Å². The maximum atomic E-state index is 12.7. The molecule has 1 aliphatic carbocycles. The van der Waals surface area contributed by atoms with E-state index in [1.807, 2.05) is 18.2 Å². The molecule has 0 atom stereocenters. The summed E-state index contributed by atoms with van der Waals surface area (Å²) >= 11 is 3.64. The first-order chi connectivity index (χ1) is 13.6. The molecule has 0 radical (unpaired) electrons. The zero-order valence-corrected chi connectivity index (χ0v) is 19.3. The highest BCUT2D eigenvalue weighted by Gasteiger charge is 2.24. The van der Waals surface area contributed by atoms with Gasteiger partial charge in [-0.25, -0.2) is 0 Å². The van der Waals surface area contributed by atoms with Gasteiger partial charge in [-0.2, -0.15) is 0 Å². The second-order valence-corrected chi connectivity index (χ2v) is 8.56. The van der Waals surface area contributed by atoms with E-state index in [2.05, 4.69) is 31.5 Å². The molecule has 1 saturated carbocycles. The van der Waals surface area contributed by atoms with Crippen LogP contribution in [0.4, 0.5) is 5.69 Å². The molecule has 2 fully saturated rings. The third kappa shape index (κ3) is 6.86. The summed E-state index contributed by atoms with van der Waals surface area (Å²) in [6, 6.07) is 6.09. The van der Waals surface area contributed by atoms with Gasteiger partial charge in [0.15, 0.2) is 0 Å². The average Bonchev–Trinajstić information content (AvgIpc) is 2.73. The fourth-order valence-corrected chi connectivity index (χ4v) is 4.73. The molecule has 0 unspecified atom stereocenters. The SMILES string of the molecule is COC(=O)CC[C@H]1CC[C@H](NC(=O)c2ccc(N3CCNCC3)c(Br)c2)CC1.Cl. The fourth-order valence-electron chi connectivity index (χ4n) is 4.10. The molecule has 2 N–H and O–H groups in total. The minimum Gasteiger partial charge on any atom is -0.469 e. The number of halogens is 2. The summed E-state index contributed by atoms with van der Waals surface area (Å²) in [4.78, 5) is 26.3. The van der Waals surface area contributed by atoms with Crippen molar-refractivity contribution in [1.29, 1.82) is 0 Å². The molecular formula is C21H31BrClN3O3. The van der Waals surface area contributed by atoms with E-state index < -0.39 is 0 Å².